The lowest BCUT2D eigenvalue weighted by atomic mass is 10.0. The number of halogens is 1. The molecule has 2 N–H and O–H groups in total. The van der Waals surface area contributed by atoms with Gasteiger partial charge < -0.3 is 15.4 Å². The van der Waals surface area contributed by atoms with Crippen molar-refractivity contribution in [3.05, 3.63) is 28.2 Å². The molecule has 0 radical (unpaired) electrons. The first-order chi connectivity index (χ1) is 8.45. The van der Waals surface area contributed by atoms with E-state index in [1.165, 1.54) is 11.3 Å². The summed E-state index contributed by atoms with van der Waals surface area (Å²) in [6.45, 7) is 4.89. The molecular formula is C14H23BrN2O. The quantitative estimate of drug-likeness (QED) is 0.877. The number of rotatable bonds is 6. The first kappa shape index (κ1) is 15.5. The molecule has 2 unspecified atom stereocenters. The van der Waals surface area contributed by atoms with E-state index in [2.05, 4.69) is 53.0 Å². The average Bonchev–Trinajstić information content (AvgIpc) is 2.30. The van der Waals surface area contributed by atoms with Gasteiger partial charge >= 0.3 is 0 Å². The lowest BCUT2D eigenvalue weighted by Gasteiger charge is -2.29. The van der Waals surface area contributed by atoms with Gasteiger partial charge in [0.05, 0.1) is 6.61 Å². The van der Waals surface area contributed by atoms with Crippen LogP contribution in [0.3, 0.4) is 0 Å². The zero-order valence-electron chi connectivity index (χ0n) is 11.6. The van der Waals surface area contributed by atoms with E-state index in [1.54, 1.807) is 7.11 Å². The normalized spacial score (nSPS) is 14.3. The molecule has 2 atom stereocenters. The Morgan fingerprint density at radius 1 is 1.39 bits per heavy atom. The van der Waals surface area contributed by atoms with E-state index in [0.717, 1.165) is 10.9 Å². The second-order valence-electron chi connectivity index (χ2n) is 4.87. The van der Waals surface area contributed by atoms with Gasteiger partial charge in [0, 0.05) is 36.4 Å². The number of likely N-dealkylation sites (N-methyl/N-ethyl adjacent to an activating group) is 1. The number of hydrogen-bond acceptors (Lipinski definition) is 3. The maximum Gasteiger partial charge on any atom is 0.0663 e. The van der Waals surface area contributed by atoms with Crippen molar-refractivity contribution < 1.29 is 4.74 Å². The van der Waals surface area contributed by atoms with Crippen LogP contribution >= 0.6 is 15.9 Å². The largest absolute Gasteiger partial charge is 0.383 e. The van der Waals surface area contributed by atoms with Crippen LogP contribution in [0.2, 0.25) is 0 Å². The van der Waals surface area contributed by atoms with Gasteiger partial charge in [0.1, 0.15) is 0 Å². The summed E-state index contributed by atoms with van der Waals surface area (Å²) in [4.78, 5) is 2.24. The molecule has 18 heavy (non-hydrogen) atoms. The summed E-state index contributed by atoms with van der Waals surface area (Å²) in [5.41, 5.74) is 8.40. The Kier molecular flexibility index (Phi) is 6.12. The van der Waals surface area contributed by atoms with Crippen LogP contribution in [0, 0.1) is 0 Å². The predicted octanol–water partition coefficient (Wildman–Crippen LogP) is 2.81. The summed E-state index contributed by atoms with van der Waals surface area (Å²) in [6.07, 6.45) is 0.882. The average molecular weight is 315 g/mol. The first-order valence-corrected chi connectivity index (χ1v) is 7.00. The molecule has 0 aromatic heterocycles. The molecule has 0 heterocycles. The maximum atomic E-state index is 5.91. The van der Waals surface area contributed by atoms with Gasteiger partial charge in [0.15, 0.2) is 0 Å². The van der Waals surface area contributed by atoms with Crippen LogP contribution in [0.25, 0.3) is 0 Å². The molecule has 0 saturated carbocycles. The molecule has 0 amide bonds. The van der Waals surface area contributed by atoms with Gasteiger partial charge in [-0.1, -0.05) is 22.0 Å². The highest BCUT2D eigenvalue weighted by Crippen LogP contribution is 2.26. The van der Waals surface area contributed by atoms with Gasteiger partial charge in [0.2, 0.25) is 0 Å². The molecule has 0 aliphatic rings. The number of benzene rings is 1. The van der Waals surface area contributed by atoms with Crippen LogP contribution in [0.15, 0.2) is 22.7 Å². The Morgan fingerprint density at radius 3 is 2.61 bits per heavy atom. The fourth-order valence-electron chi connectivity index (χ4n) is 1.98. The topological polar surface area (TPSA) is 38.5 Å². The predicted molar refractivity (Wildman–Crippen MR) is 81.2 cm³/mol. The van der Waals surface area contributed by atoms with Crippen molar-refractivity contribution in [3.63, 3.8) is 0 Å². The number of methoxy groups -OCH3 is 1. The Bertz CT molecular complexity index is 382. The smallest absolute Gasteiger partial charge is 0.0663 e. The van der Waals surface area contributed by atoms with Gasteiger partial charge in [-0.25, -0.2) is 0 Å². The highest BCUT2D eigenvalue weighted by molar-refractivity contribution is 9.10. The van der Waals surface area contributed by atoms with Crippen LogP contribution in [0.1, 0.15) is 19.4 Å². The fourth-order valence-corrected chi connectivity index (χ4v) is 2.32. The van der Waals surface area contributed by atoms with E-state index in [-0.39, 0.29) is 6.04 Å². The van der Waals surface area contributed by atoms with E-state index < -0.39 is 0 Å². The molecule has 1 aromatic carbocycles. The molecule has 0 aliphatic heterocycles. The number of hydrogen-bond donors (Lipinski definition) is 1. The minimum absolute atomic E-state index is 0.163. The van der Waals surface area contributed by atoms with Crippen LogP contribution < -0.4 is 10.6 Å². The number of nitrogens with zero attached hydrogens (tertiary/aromatic N) is 1. The van der Waals surface area contributed by atoms with Crippen LogP contribution in [0.4, 0.5) is 5.69 Å². The van der Waals surface area contributed by atoms with Crippen molar-refractivity contribution in [2.75, 3.05) is 25.7 Å². The van der Waals surface area contributed by atoms with Crippen molar-refractivity contribution in [1.29, 1.82) is 0 Å². The third-order valence-corrected chi connectivity index (χ3v) is 3.53. The summed E-state index contributed by atoms with van der Waals surface area (Å²) >= 11 is 3.53. The van der Waals surface area contributed by atoms with Crippen molar-refractivity contribution in [1.82, 2.24) is 0 Å². The van der Waals surface area contributed by atoms with E-state index in [9.17, 15) is 0 Å². The number of ether oxygens (including phenoxy) is 1. The molecule has 0 bridgehead atoms. The summed E-state index contributed by atoms with van der Waals surface area (Å²) in [6, 6.07) is 6.84. The molecule has 0 aliphatic carbocycles. The van der Waals surface area contributed by atoms with Crippen molar-refractivity contribution >= 4 is 21.6 Å². The van der Waals surface area contributed by atoms with Gasteiger partial charge in [-0.05, 0) is 38.0 Å². The highest BCUT2D eigenvalue weighted by Gasteiger charge is 2.14. The fraction of sp³-hybridized carbons (Fsp3) is 0.571. The minimum atomic E-state index is 0.163. The third kappa shape index (κ3) is 4.26. The van der Waals surface area contributed by atoms with Crippen LogP contribution in [0.5, 0.6) is 0 Å². The van der Waals surface area contributed by atoms with Crippen molar-refractivity contribution in [2.24, 2.45) is 5.73 Å². The van der Waals surface area contributed by atoms with E-state index in [4.69, 9.17) is 10.5 Å². The summed E-state index contributed by atoms with van der Waals surface area (Å²) in [7, 11) is 3.82. The molecule has 1 aromatic rings. The second kappa shape index (κ2) is 7.12. The van der Waals surface area contributed by atoms with Crippen LogP contribution in [-0.4, -0.2) is 32.8 Å². The van der Waals surface area contributed by atoms with E-state index in [0.29, 0.717) is 12.6 Å². The van der Waals surface area contributed by atoms with Crippen molar-refractivity contribution in [3.8, 4) is 0 Å². The monoisotopic (exact) mass is 314 g/mol. The highest BCUT2D eigenvalue weighted by atomic mass is 79.9. The molecule has 1 rings (SSSR count). The summed E-state index contributed by atoms with van der Waals surface area (Å²) in [5.74, 6) is 0. The lowest BCUT2D eigenvalue weighted by Crippen LogP contribution is -2.33. The summed E-state index contributed by atoms with van der Waals surface area (Å²) in [5, 5.41) is 0. The molecule has 0 saturated heterocycles. The van der Waals surface area contributed by atoms with Gasteiger partial charge in [-0.3, -0.25) is 0 Å². The van der Waals surface area contributed by atoms with E-state index >= 15 is 0 Å². The van der Waals surface area contributed by atoms with Gasteiger partial charge in [-0.15, -0.1) is 0 Å². The Labute approximate surface area is 118 Å². The maximum absolute atomic E-state index is 5.91. The first-order valence-electron chi connectivity index (χ1n) is 6.21. The van der Waals surface area contributed by atoms with Crippen molar-refractivity contribution in [2.45, 2.75) is 32.4 Å². The standard InChI is InChI=1S/C14H23BrN2O/c1-10(16)7-12-5-6-13(15)8-14(12)17(3)11(2)9-18-4/h5-6,8,10-11H,7,9,16H2,1-4H3. The zero-order chi connectivity index (χ0) is 13.7. The number of anilines is 1. The Morgan fingerprint density at radius 2 is 2.06 bits per heavy atom. The van der Waals surface area contributed by atoms with E-state index in [1.807, 2.05) is 6.92 Å². The molecular weight excluding hydrogens is 292 g/mol. The minimum Gasteiger partial charge on any atom is -0.383 e. The SMILES string of the molecule is COCC(C)N(C)c1cc(Br)ccc1CC(C)N. The molecule has 4 heteroatoms. The summed E-state index contributed by atoms with van der Waals surface area (Å²) < 4.78 is 6.30. The van der Waals surface area contributed by atoms with Crippen LogP contribution in [-0.2, 0) is 11.2 Å². The Hall–Kier alpha value is -0.580. The number of nitrogens with two attached hydrogens (primary N) is 1. The third-order valence-electron chi connectivity index (χ3n) is 3.04. The molecule has 0 spiro atoms. The van der Waals surface area contributed by atoms with Gasteiger partial charge in [-0.2, -0.15) is 0 Å². The lowest BCUT2D eigenvalue weighted by molar-refractivity contribution is 0.183. The molecule has 0 fully saturated rings. The molecule has 3 nitrogen and oxygen atoms in total. The second-order valence-corrected chi connectivity index (χ2v) is 5.79. The zero-order valence-corrected chi connectivity index (χ0v) is 13.2. The Balaban J connectivity index is 3.00. The van der Waals surface area contributed by atoms with Gasteiger partial charge in [0.25, 0.3) is 0 Å². The molecule has 102 valence electrons.